The molecule has 2 amide bonds. The van der Waals surface area contributed by atoms with Gasteiger partial charge < -0.3 is 11.1 Å². The lowest BCUT2D eigenvalue weighted by atomic mass is 9.90. The Labute approximate surface area is 128 Å². The predicted molar refractivity (Wildman–Crippen MR) is 81.6 cm³/mol. The van der Waals surface area contributed by atoms with E-state index in [0.717, 1.165) is 0 Å². The minimum absolute atomic E-state index is 0.266. The van der Waals surface area contributed by atoms with E-state index >= 15 is 0 Å². The average Bonchev–Trinajstić information content (AvgIpc) is 2.50. The zero-order chi connectivity index (χ0) is 16.3. The fraction of sp³-hybridized carbons (Fsp3) is 0.176. The van der Waals surface area contributed by atoms with E-state index in [1.54, 1.807) is 44.2 Å². The van der Waals surface area contributed by atoms with Crippen molar-refractivity contribution in [1.82, 2.24) is 5.32 Å². The van der Waals surface area contributed by atoms with Gasteiger partial charge in [-0.2, -0.15) is 0 Å². The van der Waals surface area contributed by atoms with Gasteiger partial charge in [0.05, 0.1) is 0 Å². The summed E-state index contributed by atoms with van der Waals surface area (Å²) in [5.74, 6) is -1.56. The van der Waals surface area contributed by atoms with Crippen molar-refractivity contribution in [3.8, 4) is 0 Å². The van der Waals surface area contributed by atoms with E-state index in [-0.39, 0.29) is 5.56 Å². The Morgan fingerprint density at radius 2 is 1.77 bits per heavy atom. The maximum atomic E-state index is 13.3. The number of carbonyl (C=O) groups excluding carboxylic acids is 2. The Hall–Kier alpha value is -2.69. The Balaban J connectivity index is 2.34. The Morgan fingerprint density at radius 3 is 2.32 bits per heavy atom. The molecule has 0 spiro atoms. The molecule has 0 unspecified atom stereocenters. The SMILES string of the molecule is Cc1cc(C(=O)N[C@](C)(C(N)=O)c2ccccc2)ccc1F. The molecule has 0 aromatic heterocycles. The highest BCUT2D eigenvalue weighted by Gasteiger charge is 2.35. The van der Waals surface area contributed by atoms with Gasteiger partial charge in [0.1, 0.15) is 11.4 Å². The zero-order valence-corrected chi connectivity index (χ0v) is 12.4. The normalized spacial score (nSPS) is 13.2. The maximum absolute atomic E-state index is 13.3. The summed E-state index contributed by atoms with van der Waals surface area (Å²) in [4.78, 5) is 24.2. The van der Waals surface area contributed by atoms with Crippen molar-refractivity contribution in [3.63, 3.8) is 0 Å². The maximum Gasteiger partial charge on any atom is 0.252 e. The second-order valence-electron chi connectivity index (χ2n) is 5.27. The average molecular weight is 300 g/mol. The molecule has 3 N–H and O–H groups in total. The molecule has 0 aliphatic rings. The lowest BCUT2D eigenvalue weighted by Crippen LogP contribution is -2.52. The molecule has 1 atom stereocenters. The van der Waals surface area contributed by atoms with Crippen LogP contribution in [-0.2, 0) is 10.3 Å². The number of nitrogens with one attached hydrogen (secondary N) is 1. The molecule has 114 valence electrons. The van der Waals surface area contributed by atoms with Gasteiger partial charge in [-0.15, -0.1) is 0 Å². The minimum Gasteiger partial charge on any atom is -0.367 e. The van der Waals surface area contributed by atoms with Gasteiger partial charge in [0.2, 0.25) is 5.91 Å². The Kier molecular flexibility index (Phi) is 4.26. The van der Waals surface area contributed by atoms with Gasteiger partial charge in [0, 0.05) is 5.56 Å². The lowest BCUT2D eigenvalue weighted by molar-refractivity contribution is -0.123. The number of hydrogen-bond donors (Lipinski definition) is 2. The monoisotopic (exact) mass is 300 g/mol. The Bertz CT molecular complexity index is 716. The Morgan fingerprint density at radius 1 is 1.14 bits per heavy atom. The van der Waals surface area contributed by atoms with E-state index in [9.17, 15) is 14.0 Å². The third kappa shape index (κ3) is 2.98. The van der Waals surface area contributed by atoms with Crippen molar-refractivity contribution in [3.05, 3.63) is 71.0 Å². The molecule has 0 aliphatic heterocycles. The number of primary amides is 1. The second kappa shape index (κ2) is 5.97. The summed E-state index contributed by atoms with van der Waals surface area (Å²) < 4.78 is 13.3. The summed E-state index contributed by atoms with van der Waals surface area (Å²) in [7, 11) is 0. The third-order valence-corrected chi connectivity index (χ3v) is 3.63. The first-order chi connectivity index (χ1) is 10.3. The van der Waals surface area contributed by atoms with Crippen LogP contribution >= 0.6 is 0 Å². The summed E-state index contributed by atoms with van der Waals surface area (Å²) >= 11 is 0. The molecule has 0 fully saturated rings. The number of halogens is 1. The topological polar surface area (TPSA) is 72.2 Å². The summed E-state index contributed by atoms with van der Waals surface area (Å²) in [5, 5.41) is 2.64. The van der Waals surface area contributed by atoms with E-state index < -0.39 is 23.2 Å². The molecule has 0 heterocycles. The number of rotatable bonds is 4. The van der Waals surface area contributed by atoms with E-state index in [4.69, 9.17) is 5.73 Å². The van der Waals surface area contributed by atoms with Gasteiger partial charge in [-0.1, -0.05) is 30.3 Å². The highest BCUT2D eigenvalue weighted by molar-refractivity contribution is 5.99. The first kappa shape index (κ1) is 15.7. The summed E-state index contributed by atoms with van der Waals surface area (Å²) in [6, 6.07) is 12.7. The molecule has 0 radical (unpaired) electrons. The van der Waals surface area contributed by atoms with Gasteiger partial charge in [-0.05, 0) is 43.2 Å². The van der Waals surface area contributed by atoms with E-state index in [0.29, 0.717) is 11.1 Å². The molecule has 4 nitrogen and oxygen atoms in total. The molecule has 0 bridgehead atoms. The van der Waals surface area contributed by atoms with Crippen LogP contribution in [0.5, 0.6) is 0 Å². The number of hydrogen-bond acceptors (Lipinski definition) is 2. The van der Waals surface area contributed by atoms with Crippen molar-refractivity contribution >= 4 is 11.8 Å². The van der Waals surface area contributed by atoms with Gasteiger partial charge in [-0.25, -0.2) is 4.39 Å². The first-order valence-electron chi connectivity index (χ1n) is 6.78. The standard InChI is InChI=1S/C17H17FN2O2/c1-11-10-12(8-9-14(11)18)15(21)20-17(2,16(19)22)13-6-4-3-5-7-13/h3-10H,1-2H3,(H2,19,22)(H,20,21)/t17-/m0/s1. The van der Waals surface area contributed by atoms with Crippen LogP contribution in [0.2, 0.25) is 0 Å². The van der Waals surface area contributed by atoms with Crippen LogP contribution in [0, 0.1) is 12.7 Å². The minimum atomic E-state index is -1.35. The van der Waals surface area contributed by atoms with Crippen LogP contribution < -0.4 is 11.1 Å². The highest BCUT2D eigenvalue weighted by atomic mass is 19.1. The van der Waals surface area contributed by atoms with Crippen LogP contribution in [0.25, 0.3) is 0 Å². The quantitative estimate of drug-likeness (QED) is 0.909. The van der Waals surface area contributed by atoms with E-state index in [1.807, 2.05) is 0 Å². The fourth-order valence-electron chi connectivity index (χ4n) is 2.13. The fourth-order valence-corrected chi connectivity index (χ4v) is 2.13. The number of carbonyl (C=O) groups is 2. The smallest absolute Gasteiger partial charge is 0.252 e. The van der Waals surface area contributed by atoms with Gasteiger partial charge in [0.15, 0.2) is 0 Å². The highest BCUT2D eigenvalue weighted by Crippen LogP contribution is 2.21. The van der Waals surface area contributed by atoms with Crippen molar-refractivity contribution in [2.24, 2.45) is 5.73 Å². The van der Waals surface area contributed by atoms with Crippen LogP contribution in [0.1, 0.15) is 28.4 Å². The lowest BCUT2D eigenvalue weighted by Gasteiger charge is -2.28. The van der Waals surface area contributed by atoms with Crippen molar-refractivity contribution in [2.45, 2.75) is 19.4 Å². The van der Waals surface area contributed by atoms with Crippen molar-refractivity contribution in [1.29, 1.82) is 0 Å². The van der Waals surface area contributed by atoms with Gasteiger partial charge >= 0.3 is 0 Å². The molecule has 0 saturated heterocycles. The van der Waals surface area contributed by atoms with Crippen molar-refractivity contribution in [2.75, 3.05) is 0 Å². The van der Waals surface area contributed by atoms with Gasteiger partial charge in [-0.3, -0.25) is 9.59 Å². The number of nitrogens with two attached hydrogens (primary N) is 1. The van der Waals surface area contributed by atoms with Crippen LogP contribution in [0.3, 0.4) is 0 Å². The molecule has 2 aromatic carbocycles. The summed E-state index contributed by atoms with van der Waals surface area (Å²) in [6.45, 7) is 3.11. The summed E-state index contributed by atoms with van der Waals surface area (Å²) in [6.07, 6.45) is 0. The number of aryl methyl sites for hydroxylation is 1. The largest absolute Gasteiger partial charge is 0.367 e. The molecule has 5 heteroatoms. The number of benzene rings is 2. The molecular weight excluding hydrogens is 283 g/mol. The third-order valence-electron chi connectivity index (χ3n) is 3.63. The van der Waals surface area contributed by atoms with Crippen LogP contribution in [0.15, 0.2) is 48.5 Å². The summed E-state index contributed by atoms with van der Waals surface area (Å²) in [5.41, 5.74) is 5.32. The van der Waals surface area contributed by atoms with Gasteiger partial charge in [0.25, 0.3) is 5.91 Å². The molecule has 2 aromatic rings. The molecular formula is C17H17FN2O2. The van der Waals surface area contributed by atoms with Crippen molar-refractivity contribution < 1.29 is 14.0 Å². The zero-order valence-electron chi connectivity index (χ0n) is 12.4. The molecule has 2 rings (SSSR count). The molecule has 0 saturated carbocycles. The second-order valence-corrected chi connectivity index (χ2v) is 5.27. The first-order valence-corrected chi connectivity index (χ1v) is 6.78. The molecule has 0 aliphatic carbocycles. The van der Waals surface area contributed by atoms with E-state index in [2.05, 4.69) is 5.32 Å². The number of amides is 2. The van der Waals surface area contributed by atoms with E-state index in [1.165, 1.54) is 18.2 Å². The van der Waals surface area contributed by atoms with Crippen LogP contribution in [0.4, 0.5) is 4.39 Å². The molecule has 22 heavy (non-hydrogen) atoms. The van der Waals surface area contributed by atoms with Crippen LogP contribution in [-0.4, -0.2) is 11.8 Å². The predicted octanol–water partition coefficient (Wildman–Crippen LogP) is 2.26.